The molecule has 2 aromatic carbocycles. The van der Waals surface area contributed by atoms with Gasteiger partial charge in [0.2, 0.25) is 5.91 Å². The molecule has 192 valence electrons. The van der Waals surface area contributed by atoms with E-state index in [1.54, 1.807) is 11.0 Å². The van der Waals surface area contributed by atoms with Gasteiger partial charge in [0.25, 0.3) is 5.91 Å². The van der Waals surface area contributed by atoms with Crippen molar-refractivity contribution < 1.29 is 14.3 Å². The molecule has 1 fully saturated rings. The Balaban J connectivity index is 1.53. The van der Waals surface area contributed by atoms with Gasteiger partial charge in [-0.3, -0.25) is 9.59 Å². The number of hydrogen-bond donors (Lipinski definition) is 1. The Morgan fingerprint density at radius 3 is 2.59 bits per heavy atom. The van der Waals surface area contributed by atoms with Crippen LogP contribution in [-0.4, -0.2) is 41.0 Å². The Hall–Kier alpha value is -4.05. The fourth-order valence-electron chi connectivity index (χ4n) is 4.91. The molecule has 0 spiro atoms. The van der Waals surface area contributed by atoms with Gasteiger partial charge in [-0.2, -0.15) is 5.26 Å². The molecular weight excluding hydrogens is 464 g/mol. The number of likely N-dealkylation sites (tertiary alicyclic amines) is 1. The lowest BCUT2D eigenvalue weighted by Gasteiger charge is -2.30. The van der Waals surface area contributed by atoms with Gasteiger partial charge in [0.1, 0.15) is 24.0 Å². The summed E-state index contributed by atoms with van der Waals surface area (Å²) in [5, 5.41) is 10.8. The first-order valence-corrected chi connectivity index (χ1v) is 12.8. The molecule has 2 heterocycles. The molecule has 1 aliphatic rings. The average molecular weight is 499 g/mol. The van der Waals surface area contributed by atoms with E-state index in [9.17, 15) is 14.9 Å². The molecule has 0 unspecified atom stereocenters. The standard InChI is InChI=1S/C30H34N4O3/c1-20(2)25-9-8-21(3)16-28(25)37-15-14-34-19-24(26-6-4-5-7-27(26)34)17-23(18-31)30(36)33-12-10-22(11-13-33)29(32)35/h4-9,16-17,19-20,22H,10-15H2,1-3H3,(H2,32,35). The Bertz CT molecular complexity index is 1370. The van der Waals surface area contributed by atoms with Gasteiger partial charge in [0.15, 0.2) is 0 Å². The van der Waals surface area contributed by atoms with Gasteiger partial charge in [-0.25, -0.2) is 0 Å². The summed E-state index contributed by atoms with van der Waals surface area (Å²) in [7, 11) is 0. The number of para-hydroxylation sites is 1. The molecule has 37 heavy (non-hydrogen) atoms. The molecular formula is C30H34N4O3. The highest BCUT2D eigenvalue weighted by Crippen LogP contribution is 2.28. The van der Waals surface area contributed by atoms with Crippen LogP contribution < -0.4 is 10.5 Å². The van der Waals surface area contributed by atoms with Crippen molar-refractivity contribution in [2.75, 3.05) is 19.7 Å². The number of amides is 2. The third-order valence-corrected chi connectivity index (χ3v) is 7.04. The van der Waals surface area contributed by atoms with Gasteiger partial charge in [-0.05, 0) is 55.0 Å². The van der Waals surface area contributed by atoms with Crippen LogP contribution in [0, 0.1) is 24.2 Å². The molecule has 7 nitrogen and oxygen atoms in total. The lowest BCUT2D eigenvalue weighted by Crippen LogP contribution is -2.42. The minimum absolute atomic E-state index is 0.0815. The van der Waals surface area contributed by atoms with Crippen LogP contribution in [0.25, 0.3) is 17.0 Å². The summed E-state index contributed by atoms with van der Waals surface area (Å²) in [5.74, 6) is 0.413. The quantitative estimate of drug-likeness (QED) is 0.357. The molecule has 3 aromatic rings. The maximum absolute atomic E-state index is 13.1. The lowest BCUT2D eigenvalue weighted by molar-refractivity contribution is -0.131. The second-order valence-corrected chi connectivity index (χ2v) is 9.98. The number of carbonyl (C=O) groups is 2. The smallest absolute Gasteiger partial charge is 0.264 e. The van der Waals surface area contributed by atoms with E-state index in [2.05, 4.69) is 49.6 Å². The number of nitrogens with zero attached hydrogens (tertiary/aromatic N) is 3. The molecule has 7 heteroatoms. The molecule has 2 amide bonds. The van der Waals surface area contributed by atoms with Gasteiger partial charge in [0.05, 0.1) is 6.54 Å². The van der Waals surface area contributed by atoms with Crippen molar-refractivity contribution in [3.8, 4) is 11.8 Å². The first kappa shape index (κ1) is 26.0. The van der Waals surface area contributed by atoms with Crippen LogP contribution in [-0.2, 0) is 16.1 Å². The fraction of sp³-hybridized carbons (Fsp3) is 0.367. The van der Waals surface area contributed by atoms with Crippen molar-refractivity contribution in [1.29, 1.82) is 5.26 Å². The highest BCUT2D eigenvalue weighted by atomic mass is 16.5. The highest BCUT2D eigenvalue weighted by Gasteiger charge is 2.27. The molecule has 0 saturated carbocycles. The zero-order valence-electron chi connectivity index (χ0n) is 21.7. The summed E-state index contributed by atoms with van der Waals surface area (Å²) in [6.45, 7) is 8.32. The Labute approximate surface area is 218 Å². The lowest BCUT2D eigenvalue weighted by atomic mass is 9.96. The van der Waals surface area contributed by atoms with Crippen molar-refractivity contribution in [2.45, 2.75) is 46.1 Å². The molecule has 1 aromatic heterocycles. The number of benzene rings is 2. The zero-order chi connectivity index (χ0) is 26.5. The van der Waals surface area contributed by atoms with E-state index in [1.165, 1.54) is 5.56 Å². The molecule has 0 aliphatic carbocycles. The largest absolute Gasteiger partial charge is 0.491 e. The van der Waals surface area contributed by atoms with E-state index in [-0.39, 0.29) is 23.3 Å². The first-order chi connectivity index (χ1) is 17.8. The first-order valence-electron chi connectivity index (χ1n) is 12.8. The maximum Gasteiger partial charge on any atom is 0.264 e. The number of ether oxygens (including phenoxy) is 1. The van der Waals surface area contributed by atoms with E-state index in [4.69, 9.17) is 10.5 Å². The average Bonchev–Trinajstić information content (AvgIpc) is 3.24. The van der Waals surface area contributed by atoms with E-state index in [0.29, 0.717) is 45.0 Å². The summed E-state index contributed by atoms with van der Waals surface area (Å²) in [5.41, 5.74) is 9.66. The zero-order valence-corrected chi connectivity index (χ0v) is 21.7. The summed E-state index contributed by atoms with van der Waals surface area (Å²) in [6.07, 6.45) is 4.69. The van der Waals surface area contributed by atoms with E-state index in [0.717, 1.165) is 27.8 Å². The van der Waals surface area contributed by atoms with Crippen LogP contribution in [0.1, 0.15) is 49.3 Å². The Morgan fingerprint density at radius 2 is 1.92 bits per heavy atom. The van der Waals surface area contributed by atoms with Crippen LogP contribution in [0.15, 0.2) is 54.2 Å². The molecule has 0 bridgehead atoms. The topological polar surface area (TPSA) is 101 Å². The molecule has 2 N–H and O–H groups in total. The number of aryl methyl sites for hydroxylation is 1. The molecule has 0 radical (unpaired) electrons. The Morgan fingerprint density at radius 1 is 1.19 bits per heavy atom. The van der Waals surface area contributed by atoms with Crippen molar-refractivity contribution >= 4 is 28.8 Å². The van der Waals surface area contributed by atoms with E-state index < -0.39 is 0 Å². The maximum atomic E-state index is 13.1. The number of primary amides is 1. The normalized spacial score (nSPS) is 14.7. The number of fused-ring (bicyclic) bond motifs is 1. The van der Waals surface area contributed by atoms with Gasteiger partial charge in [-0.1, -0.05) is 44.2 Å². The summed E-state index contributed by atoms with van der Waals surface area (Å²) in [4.78, 5) is 26.2. The van der Waals surface area contributed by atoms with Crippen LogP contribution in [0.5, 0.6) is 5.75 Å². The van der Waals surface area contributed by atoms with E-state index in [1.807, 2.05) is 30.5 Å². The number of carbonyl (C=O) groups excluding carboxylic acids is 2. The third-order valence-electron chi connectivity index (χ3n) is 7.04. The minimum Gasteiger partial charge on any atom is -0.491 e. The predicted octanol–water partition coefficient (Wildman–Crippen LogP) is 4.78. The molecule has 4 rings (SSSR count). The summed E-state index contributed by atoms with van der Waals surface area (Å²) >= 11 is 0. The highest BCUT2D eigenvalue weighted by molar-refractivity contribution is 6.04. The monoisotopic (exact) mass is 498 g/mol. The van der Waals surface area contributed by atoms with Gasteiger partial charge in [0, 0.05) is 41.7 Å². The van der Waals surface area contributed by atoms with Crippen LogP contribution in [0.2, 0.25) is 0 Å². The van der Waals surface area contributed by atoms with Gasteiger partial charge in [-0.15, -0.1) is 0 Å². The predicted molar refractivity (Wildman–Crippen MR) is 145 cm³/mol. The Kier molecular flexibility index (Phi) is 7.98. The molecule has 1 saturated heterocycles. The van der Waals surface area contributed by atoms with E-state index >= 15 is 0 Å². The third kappa shape index (κ3) is 5.86. The molecule has 0 atom stereocenters. The van der Waals surface area contributed by atoms with Crippen molar-refractivity contribution in [3.05, 3.63) is 70.9 Å². The number of hydrogen-bond acceptors (Lipinski definition) is 4. The number of nitrogens with two attached hydrogens (primary N) is 1. The van der Waals surface area contributed by atoms with Gasteiger partial charge >= 0.3 is 0 Å². The van der Waals surface area contributed by atoms with Gasteiger partial charge < -0.3 is 19.9 Å². The number of piperidine rings is 1. The SMILES string of the molecule is Cc1ccc(C(C)C)c(OCCn2cc(C=C(C#N)C(=O)N3CCC(C(N)=O)CC3)c3ccccc32)c1. The minimum atomic E-state index is -0.331. The molecule has 1 aliphatic heterocycles. The van der Waals surface area contributed by atoms with Crippen molar-refractivity contribution in [3.63, 3.8) is 0 Å². The van der Waals surface area contributed by atoms with Crippen LogP contribution in [0.4, 0.5) is 0 Å². The second kappa shape index (κ2) is 11.3. The number of aromatic nitrogens is 1. The second-order valence-electron chi connectivity index (χ2n) is 9.98. The number of nitriles is 1. The van der Waals surface area contributed by atoms with Crippen LogP contribution >= 0.6 is 0 Å². The van der Waals surface area contributed by atoms with Crippen molar-refractivity contribution in [1.82, 2.24) is 9.47 Å². The summed E-state index contributed by atoms with van der Waals surface area (Å²) < 4.78 is 8.31. The number of rotatable bonds is 8. The van der Waals surface area contributed by atoms with Crippen LogP contribution in [0.3, 0.4) is 0 Å². The summed E-state index contributed by atoms with van der Waals surface area (Å²) in [6, 6.07) is 16.3. The van der Waals surface area contributed by atoms with Crippen molar-refractivity contribution in [2.24, 2.45) is 11.7 Å². The fourth-order valence-corrected chi connectivity index (χ4v) is 4.91.